The minimum absolute atomic E-state index is 0.0629. The Labute approximate surface area is 138 Å². The zero-order chi connectivity index (χ0) is 15.4. The molecule has 0 saturated heterocycles. The zero-order valence-electron chi connectivity index (χ0n) is 12.3. The number of ether oxygens (including phenoxy) is 1. The zero-order valence-corrected chi connectivity index (χ0v) is 14.0. The number of hydrogen-bond acceptors (Lipinski definition) is 5. The molecular weight excluding hydrogens is 316 g/mol. The summed E-state index contributed by atoms with van der Waals surface area (Å²) in [5.74, 6) is 1.87. The van der Waals surface area contributed by atoms with Crippen LogP contribution < -0.4 is 10.1 Å². The molecule has 1 unspecified atom stereocenters. The lowest BCUT2D eigenvalue weighted by molar-refractivity contribution is -0.119. The Balaban J connectivity index is 1.60. The molecule has 1 aliphatic carbocycles. The van der Waals surface area contributed by atoms with Crippen molar-refractivity contribution in [1.82, 2.24) is 10.3 Å². The third-order valence-corrected chi connectivity index (χ3v) is 5.59. The van der Waals surface area contributed by atoms with Gasteiger partial charge in [0.15, 0.2) is 0 Å². The van der Waals surface area contributed by atoms with Crippen LogP contribution in [0.3, 0.4) is 0 Å². The van der Waals surface area contributed by atoms with Gasteiger partial charge in [-0.15, -0.1) is 11.3 Å². The molecule has 116 valence electrons. The van der Waals surface area contributed by atoms with Gasteiger partial charge < -0.3 is 10.1 Å². The number of nitrogens with one attached hydrogen (secondary N) is 1. The van der Waals surface area contributed by atoms with Crippen molar-refractivity contribution in [3.8, 4) is 5.75 Å². The molecule has 1 saturated carbocycles. The van der Waals surface area contributed by atoms with Crippen LogP contribution in [0.1, 0.15) is 24.4 Å². The lowest BCUT2D eigenvalue weighted by atomic mass is 10.0. The molecule has 1 aromatic heterocycles. The fraction of sp³-hybridized carbons (Fsp3) is 0.375. The summed E-state index contributed by atoms with van der Waals surface area (Å²) in [6.07, 6.45) is 4.11. The van der Waals surface area contributed by atoms with E-state index in [0.29, 0.717) is 11.7 Å². The summed E-state index contributed by atoms with van der Waals surface area (Å²) in [6.45, 7) is 0. The number of amides is 1. The third-order valence-electron chi connectivity index (χ3n) is 3.62. The van der Waals surface area contributed by atoms with Crippen molar-refractivity contribution >= 4 is 29.0 Å². The summed E-state index contributed by atoms with van der Waals surface area (Å²) in [5.41, 5.74) is 1.15. The van der Waals surface area contributed by atoms with Crippen LogP contribution in [-0.2, 0) is 4.79 Å². The highest BCUT2D eigenvalue weighted by Gasteiger charge is 2.33. The largest absolute Gasteiger partial charge is 0.497 e. The first-order valence-electron chi connectivity index (χ1n) is 7.22. The van der Waals surface area contributed by atoms with Gasteiger partial charge in [0.05, 0.1) is 18.9 Å². The van der Waals surface area contributed by atoms with Gasteiger partial charge >= 0.3 is 0 Å². The highest BCUT2D eigenvalue weighted by atomic mass is 32.2. The van der Waals surface area contributed by atoms with Gasteiger partial charge in [0.25, 0.3) is 0 Å². The van der Waals surface area contributed by atoms with E-state index in [-0.39, 0.29) is 11.9 Å². The maximum Gasteiger partial charge on any atom is 0.230 e. The van der Waals surface area contributed by atoms with E-state index in [1.807, 2.05) is 29.6 Å². The molecule has 1 atom stereocenters. The predicted molar refractivity (Wildman–Crippen MR) is 89.4 cm³/mol. The second-order valence-corrected chi connectivity index (χ2v) is 7.36. The van der Waals surface area contributed by atoms with Crippen molar-refractivity contribution < 1.29 is 9.53 Å². The summed E-state index contributed by atoms with van der Waals surface area (Å²) in [7, 11) is 1.66. The van der Waals surface area contributed by atoms with Gasteiger partial charge in [-0.25, -0.2) is 4.98 Å². The normalized spacial score (nSPS) is 15.3. The quantitative estimate of drug-likeness (QED) is 0.787. The van der Waals surface area contributed by atoms with E-state index in [1.54, 1.807) is 24.6 Å². The molecule has 2 aromatic rings. The van der Waals surface area contributed by atoms with Gasteiger partial charge in [0.1, 0.15) is 10.1 Å². The first kappa shape index (κ1) is 15.4. The van der Waals surface area contributed by atoms with E-state index in [9.17, 15) is 4.79 Å². The molecule has 1 heterocycles. The van der Waals surface area contributed by atoms with Crippen molar-refractivity contribution in [2.75, 3.05) is 12.9 Å². The molecule has 1 aromatic carbocycles. The SMILES string of the molecule is COc1ccc(C(NC(=O)CSc2nccs2)C2CC2)cc1. The van der Waals surface area contributed by atoms with Gasteiger partial charge in [0, 0.05) is 11.6 Å². The van der Waals surface area contributed by atoms with Gasteiger partial charge in [-0.1, -0.05) is 23.9 Å². The second-order valence-electron chi connectivity index (χ2n) is 5.24. The van der Waals surface area contributed by atoms with Crippen LogP contribution in [0.4, 0.5) is 0 Å². The second kappa shape index (κ2) is 7.15. The summed E-state index contributed by atoms with van der Waals surface area (Å²) < 4.78 is 6.12. The van der Waals surface area contributed by atoms with Crippen LogP contribution in [-0.4, -0.2) is 23.8 Å². The number of thioether (sulfide) groups is 1. The Morgan fingerprint density at radius 2 is 2.23 bits per heavy atom. The summed E-state index contributed by atoms with van der Waals surface area (Å²) in [4.78, 5) is 16.4. The van der Waals surface area contributed by atoms with Crippen LogP contribution in [0.5, 0.6) is 5.75 Å². The molecule has 0 bridgehead atoms. The third kappa shape index (κ3) is 4.01. The Bertz CT molecular complexity index is 610. The molecule has 1 fully saturated rings. The predicted octanol–water partition coefficient (Wildman–Crippen LogP) is 3.51. The smallest absolute Gasteiger partial charge is 0.230 e. The lowest BCUT2D eigenvalue weighted by Crippen LogP contribution is -2.31. The average molecular weight is 334 g/mol. The topological polar surface area (TPSA) is 51.2 Å². The standard InChI is InChI=1S/C16H18N2O2S2/c1-20-13-6-4-12(5-7-13)15(11-2-3-11)18-14(19)10-22-16-17-8-9-21-16/h4-9,11,15H,2-3,10H2,1H3,(H,18,19). The molecule has 1 aliphatic rings. The van der Waals surface area contributed by atoms with Gasteiger partial charge in [-0.05, 0) is 36.5 Å². The van der Waals surface area contributed by atoms with Gasteiger partial charge in [-0.3, -0.25) is 4.79 Å². The monoisotopic (exact) mass is 334 g/mol. The van der Waals surface area contributed by atoms with E-state index in [0.717, 1.165) is 15.7 Å². The average Bonchev–Trinajstić information content (AvgIpc) is 3.26. The number of carbonyl (C=O) groups excluding carboxylic acids is 1. The number of benzene rings is 1. The Hall–Kier alpha value is -1.53. The molecule has 0 spiro atoms. The molecule has 1 amide bonds. The van der Waals surface area contributed by atoms with E-state index < -0.39 is 0 Å². The van der Waals surface area contributed by atoms with Crippen LogP contribution in [0.2, 0.25) is 0 Å². The molecule has 6 heteroatoms. The number of nitrogens with zero attached hydrogens (tertiary/aromatic N) is 1. The molecular formula is C16H18N2O2S2. The number of hydrogen-bond donors (Lipinski definition) is 1. The maximum absolute atomic E-state index is 12.2. The Morgan fingerprint density at radius 1 is 1.45 bits per heavy atom. The number of methoxy groups -OCH3 is 1. The van der Waals surface area contributed by atoms with Crippen molar-refractivity contribution in [2.45, 2.75) is 23.2 Å². The Morgan fingerprint density at radius 3 is 2.82 bits per heavy atom. The van der Waals surface area contributed by atoms with Gasteiger partial charge in [-0.2, -0.15) is 0 Å². The molecule has 3 rings (SSSR count). The highest BCUT2D eigenvalue weighted by molar-refractivity contribution is 8.01. The summed E-state index contributed by atoms with van der Waals surface area (Å²) in [5, 5.41) is 5.09. The lowest BCUT2D eigenvalue weighted by Gasteiger charge is -2.19. The van der Waals surface area contributed by atoms with E-state index in [2.05, 4.69) is 10.3 Å². The molecule has 1 N–H and O–H groups in total. The molecule has 0 aliphatic heterocycles. The van der Waals surface area contributed by atoms with Gasteiger partial charge in [0.2, 0.25) is 5.91 Å². The van der Waals surface area contributed by atoms with Crippen molar-refractivity contribution in [1.29, 1.82) is 0 Å². The number of thiazole rings is 1. The van der Waals surface area contributed by atoms with Crippen molar-refractivity contribution in [3.63, 3.8) is 0 Å². The first-order valence-corrected chi connectivity index (χ1v) is 9.08. The van der Waals surface area contributed by atoms with Crippen LogP contribution in [0.25, 0.3) is 0 Å². The summed E-state index contributed by atoms with van der Waals surface area (Å²) in [6, 6.07) is 8.07. The number of rotatable bonds is 7. The fourth-order valence-corrected chi connectivity index (χ4v) is 3.79. The minimum atomic E-state index is 0.0629. The molecule has 4 nitrogen and oxygen atoms in total. The van der Waals surface area contributed by atoms with E-state index >= 15 is 0 Å². The maximum atomic E-state index is 12.2. The summed E-state index contributed by atoms with van der Waals surface area (Å²) >= 11 is 3.05. The number of carbonyl (C=O) groups is 1. The van der Waals surface area contributed by atoms with Crippen molar-refractivity contribution in [3.05, 3.63) is 41.4 Å². The highest BCUT2D eigenvalue weighted by Crippen LogP contribution is 2.41. The van der Waals surface area contributed by atoms with Crippen LogP contribution in [0.15, 0.2) is 40.2 Å². The fourth-order valence-electron chi connectivity index (χ4n) is 2.34. The minimum Gasteiger partial charge on any atom is -0.497 e. The number of aromatic nitrogens is 1. The molecule has 0 radical (unpaired) electrons. The van der Waals surface area contributed by atoms with E-state index in [4.69, 9.17) is 4.74 Å². The van der Waals surface area contributed by atoms with E-state index in [1.165, 1.54) is 24.6 Å². The Kier molecular flexibility index (Phi) is 5.00. The molecule has 22 heavy (non-hydrogen) atoms. The van der Waals surface area contributed by atoms with Crippen molar-refractivity contribution in [2.24, 2.45) is 5.92 Å². The van der Waals surface area contributed by atoms with Crippen LogP contribution >= 0.6 is 23.1 Å². The van der Waals surface area contributed by atoms with Crippen LogP contribution in [0, 0.1) is 5.92 Å². The first-order chi connectivity index (χ1) is 10.8.